The molecule has 5 nitrogen and oxygen atoms in total. The van der Waals surface area contributed by atoms with E-state index in [-0.39, 0.29) is 0 Å². The molecule has 0 aliphatic rings. The van der Waals surface area contributed by atoms with Crippen LogP contribution in [0.25, 0.3) is 11.3 Å². The van der Waals surface area contributed by atoms with Crippen LogP contribution < -0.4 is 5.48 Å². The molecule has 0 saturated heterocycles. The van der Waals surface area contributed by atoms with E-state index in [2.05, 4.69) is 23.8 Å². The Morgan fingerprint density at radius 1 is 1.32 bits per heavy atom. The molecule has 1 amide bonds. The van der Waals surface area contributed by atoms with Gasteiger partial charge < -0.3 is 9.25 Å². The molecule has 1 heterocycles. The van der Waals surface area contributed by atoms with Crippen molar-refractivity contribution in [1.82, 2.24) is 5.48 Å². The second kappa shape index (κ2) is 7.26. The van der Waals surface area contributed by atoms with Gasteiger partial charge in [-0.1, -0.05) is 32.1 Å². The minimum atomic E-state index is -0.724. The smallest absolute Gasteiger partial charge is 0.355 e. The molecule has 0 spiro atoms. The molecule has 0 bridgehead atoms. The summed E-state index contributed by atoms with van der Waals surface area (Å²) in [7, 11) is 0. The summed E-state index contributed by atoms with van der Waals surface area (Å²) in [6.07, 6.45) is 4.27. The third-order valence-corrected chi connectivity index (χ3v) is 3.09. The Labute approximate surface area is 128 Å². The van der Waals surface area contributed by atoms with Crippen molar-refractivity contribution in [3.63, 3.8) is 0 Å². The maximum atomic E-state index is 12.3. The van der Waals surface area contributed by atoms with Crippen LogP contribution in [0.15, 0.2) is 53.7 Å². The van der Waals surface area contributed by atoms with Crippen molar-refractivity contribution in [3.8, 4) is 11.3 Å². The lowest BCUT2D eigenvalue weighted by Crippen LogP contribution is -2.26. The number of carbonyl (C=O) groups is 2. The van der Waals surface area contributed by atoms with Gasteiger partial charge in [0.05, 0.1) is 11.8 Å². The van der Waals surface area contributed by atoms with E-state index in [4.69, 9.17) is 4.42 Å². The highest BCUT2D eigenvalue weighted by molar-refractivity contribution is 6.01. The molecule has 1 N–H and O–H groups in total. The predicted octanol–water partition coefficient (Wildman–Crippen LogP) is 3.27. The molecule has 0 aliphatic heterocycles. The maximum absolute atomic E-state index is 12.3. The first-order valence-electron chi connectivity index (χ1n) is 6.96. The standard InChI is InChI=1S/C17H17NO4/c1-3-7-12-8-5-9-13(16(12)14-10-6-11-21-14)17(20)18-22-15(19)4-2/h4-6,8-11H,2-3,7H2,1H3,(H,18,20). The molecule has 114 valence electrons. The number of carbonyl (C=O) groups excluding carboxylic acids is 2. The normalized spacial score (nSPS) is 10.0. The topological polar surface area (TPSA) is 68.5 Å². The predicted molar refractivity (Wildman–Crippen MR) is 81.9 cm³/mol. The van der Waals surface area contributed by atoms with Crippen LogP contribution >= 0.6 is 0 Å². The van der Waals surface area contributed by atoms with Crippen molar-refractivity contribution < 1.29 is 18.8 Å². The van der Waals surface area contributed by atoms with E-state index in [0.29, 0.717) is 16.9 Å². The van der Waals surface area contributed by atoms with Gasteiger partial charge in [-0.15, -0.1) is 0 Å². The van der Waals surface area contributed by atoms with Crippen LogP contribution in [0.2, 0.25) is 0 Å². The van der Waals surface area contributed by atoms with E-state index in [0.717, 1.165) is 24.5 Å². The molecular formula is C17H17NO4. The quantitative estimate of drug-likeness (QED) is 0.679. The van der Waals surface area contributed by atoms with Gasteiger partial charge in [0.15, 0.2) is 0 Å². The molecule has 0 atom stereocenters. The van der Waals surface area contributed by atoms with Crippen molar-refractivity contribution in [2.24, 2.45) is 0 Å². The third kappa shape index (κ3) is 3.44. The van der Waals surface area contributed by atoms with Crippen molar-refractivity contribution in [2.75, 3.05) is 0 Å². The average Bonchev–Trinajstić information content (AvgIpc) is 3.06. The Kier molecular flexibility index (Phi) is 5.14. The number of rotatable bonds is 5. The molecule has 1 aromatic heterocycles. The second-order valence-electron chi connectivity index (χ2n) is 4.62. The van der Waals surface area contributed by atoms with E-state index in [9.17, 15) is 9.59 Å². The highest BCUT2D eigenvalue weighted by Gasteiger charge is 2.18. The van der Waals surface area contributed by atoms with Crippen molar-refractivity contribution >= 4 is 11.9 Å². The molecule has 0 aliphatic carbocycles. The molecule has 0 saturated carbocycles. The van der Waals surface area contributed by atoms with Crippen LogP contribution in [-0.2, 0) is 16.1 Å². The maximum Gasteiger partial charge on any atom is 0.355 e. The molecule has 2 aromatic rings. The molecule has 0 fully saturated rings. The molecule has 0 unspecified atom stereocenters. The summed E-state index contributed by atoms with van der Waals surface area (Å²) >= 11 is 0. The number of hydrogen-bond donors (Lipinski definition) is 1. The monoisotopic (exact) mass is 299 g/mol. The number of furan rings is 1. The number of hydrogen-bond acceptors (Lipinski definition) is 4. The fourth-order valence-electron chi connectivity index (χ4n) is 2.17. The second-order valence-corrected chi connectivity index (χ2v) is 4.62. The van der Waals surface area contributed by atoms with Crippen LogP contribution in [0.4, 0.5) is 0 Å². The van der Waals surface area contributed by atoms with Gasteiger partial charge in [-0.05, 0) is 30.2 Å². The van der Waals surface area contributed by atoms with Gasteiger partial charge in [0.25, 0.3) is 5.91 Å². The summed E-state index contributed by atoms with van der Waals surface area (Å²) in [5.41, 5.74) is 4.22. The minimum Gasteiger partial charge on any atom is -0.464 e. The molecule has 5 heteroatoms. The van der Waals surface area contributed by atoms with E-state index < -0.39 is 11.9 Å². The van der Waals surface area contributed by atoms with Crippen LogP contribution in [-0.4, -0.2) is 11.9 Å². The fourth-order valence-corrected chi connectivity index (χ4v) is 2.17. The summed E-state index contributed by atoms with van der Waals surface area (Å²) in [6, 6.07) is 8.96. The minimum absolute atomic E-state index is 0.387. The Morgan fingerprint density at radius 2 is 2.14 bits per heavy atom. The van der Waals surface area contributed by atoms with Crippen molar-refractivity contribution in [2.45, 2.75) is 19.8 Å². The Morgan fingerprint density at radius 3 is 2.77 bits per heavy atom. The van der Waals surface area contributed by atoms with Gasteiger partial charge in [-0.3, -0.25) is 4.79 Å². The van der Waals surface area contributed by atoms with E-state index in [1.165, 1.54) is 0 Å². The lowest BCUT2D eigenvalue weighted by molar-refractivity contribution is -0.142. The van der Waals surface area contributed by atoms with Crippen molar-refractivity contribution in [1.29, 1.82) is 0 Å². The van der Waals surface area contributed by atoms with Crippen molar-refractivity contribution in [3.05, 3.63) is 60.4 Å². The van der Waals surface area contributed by atoms with Gasteiger partial charge in [0.2, 0.25) is 0 Å². The zero-order valence-corrected chi connectivity index (χ0v) is 12.3. The molecule has 0 radical (unpaired) electrons. The first-order valence-corrected chi connectivity index (χ1v) is 6.96. The molecule has 2 rings (SSSR count). The summed E-state index contributed by atoms with van der Waals surface area (Å²) in [6.45, 7) is 5.33. The first kappa shape index (κ1) is 15.6. The lowest BCUT2D eigenvalue weighted by atomic mass is 9.95. The largest absolute Gasteiger partial charge is 0.464 e. The van der Waals surface area contributed by atoms with Gasteiger partial charge in [0.1, 0.15) is 5.76 Å². The van der Waals surface area contributed by atoms with E-state index in [1.807, 2.05) is 6.07 Å². The number of amides is 1. The average molecular weight is 299 g/mol. The van der Waals surface area contributed by atoms with Crippen LogP contribution in [0.5, 0.6) is 0 Å². The van der Waals surface area contributed by atoms with E-state index in [1.54, 1.807) is 30.5 Å². The van der Waals surface area contributed by atoms with Crippen LogP contribution in [0.1, 0.15) is 29.3 Å². The Hall–Kier alpha value is -2.82. The number of nitrogens with one attached hydrogen (secondary N) is 1. The number of benzene rings is 1. The number of hydroxylamine groups is 1. The zero-order chi connectivity index (χ0) is 15.9. The fraction of sp³-hybridized carbons (Fsp3) is 0.176. The summed E-state index contributed by atoms with van der Waals surface area (Å²) in [5.74, 6) is -0.638. The Bertz CT molecular complexity index is 674. The SMILES string of the molecule is C=CC(=O)ONC(=O)c1cccc(CCC)c1-c1ccco1. The summed E-state index contributed by atoms with van der Waals surface area (Å²) in [4.78, 5) is 27.9. The van der Waals surface area contributed by atoms with Crippen LogP contribution in [0.3, 0.4) is 0 Å². The summed E-state index contributed by atoms with van der Waals surface area (Å²) in [5, 5.41) is 0. The Balaban J connectivity index is 2.38. The molecule has 1 aromatic carbocycles. The lowest BCUT2D eigenvalue weighted by Gasteiger charge is -2.12. The van der Waals surface area contributed by atoms with Gasteiger partial charge in [-0.25, -0.2) is 4.79 Å². The van der Waals surface area contributed by atoms with E-state index >= 15 is 0 Å². The molecule has 22 heavy (non-hydrogen) atoms. The molecular weight excluding hydrogens is 282 g/mol. The third-order valence-electron chi connectivity index (χ3n) is 3.09. The summed E-state index contributed by atoms with van der Waals surface area (Å²) < 4.78 is 5.44. The highest BCUT2D eigenvalue weighted by Crippen LogP contribution is 2.29. The van der Waals surface area contributed by atoms with Crippen LogP contribution in [0, 0.1) is 0 Å². The van der Waals surface area contributed by atoms with Gasteiger partial charge in [-0.2, -0.15) is 5.48 Å². The van der Waals surface area contributed by atoms with Gasteiger partial charge in [0, 0.05) is 11.6 Å². The number of aryl methyl sites for hydroxylation is 1. The first-order chi connectivity index (χ1) is 10.7. The highest BCUT2D eigenvalue weighted by atomic mass is 16.7. The zero-order valence-electron chi connectivity index (χ0n) is 12.3. The van der Waals surface area contributed by atoms with Gasteiger partial charge >= 0.3 is 5.97 Å².